The van der Waals surface area contributed by atoms with Crippen LogP contribution in [-0.2, 0) is 9.59 Å². The summed E-state index contributed by atoms with van der Waals surface area (Å²) in [6.45, 7) is 4.77. The van der Waals surface area contributed by atoms with Gasteiger partial charge in [0.2, 0.25) is 17.6 Å². The molecule has 0 bridgehead atoms. The Morgan fingerprint density at radius 3 is 2.79 bits per heavy atom. The molecule has 1 fully saturated rings. The van der Waals surface area contributed by atoms with E-state index in [0.717, 1.165) is 42.3 Å². The fourth-order valence-corrected chi connectivity index (χ4v) is 4.72. The second-order valence-corrected chi connectivity index (χ2v) is 8.74. The number of fused-ring (bicyclic) bond motifs is 1. The van der Waals surface area contributed by atoms with Gasteiger partial charge in [-0.1, -0.05) is 38.3 Å². The summed E-state index contributed by atoms with van der Waals surface area (Å²) >= 11 is 1.38. The standard InChI is InChI=1S/C22H29N3O3S/c1-3-4-5-11-18(20(27)22-24-17-10-6-7-12-19(17)29-22)23-21(28)16-9-8-13-25(14-16)15(2)26/h6-7,10,12,16,18H,3-5,8-9,11,13-14H2,1-2H3,(H,23,28)/t16-,18-/m0/s1. The van der Waals surface area contributed by atoms with Gasteiger partial charge in [-0.3, -0.25) is 14.4 Å². The molecule has 1 aliphatic heterocycles. The Kier molecular flexibility index (Phi) is 7.36. The summed E-state index contributed by atoms with van der Waals surface area (Å²) in [6, 6.07) is 7.11. The van der Waals surface area contributed by atoms with Gasteiger partial charge < -0.3 is 10.2 Å². The zero-order valence-electron chi connectivity index (χ0n) is 17.1. The number of hydrogen-bond acceptors (Lipinski definition) is 5. The second-order valence-electron chi connectivity index (χ2n) is 7.71. The number of unbranched alkanes of at least 4 members (excludes halogenated alkanes) is 2. The van der Waals surface area contributed by atoms with E-state index in [1.165, 1.54) is 18.3 Å². The van der Waals surface area contributed by atoms with E-state index < -0.39 is 6.04 Å². The number of nitrogens with zero attached hydrogens (tertiary/aromatic N) is 2. The van der Waals surface area contributed by atoms with Crippen LogP contribution in [0.5, 0.6) is 0 Å². The highest BCUT2D eigenvalue weighted by Gasteiger charge is 2.31. The zero-order chi connectivity index (χ0) is 20.8. The predicted octanol–water partition coefficient (Wildman–Crippen LogP) is 3.80. The number of thiazole rings is 1. The van der Waals surface area contributed by atoms with Gasteiger partial charge in [0, 0.05) is 20.0 Å². The molecule has 1 aromatic carbocycles. The number of carbonyl (C=O) groups excluding carboxylic acids is 3. The van der Waals surface area contributed by atoms with Crippen molar-refractivity contribution in [3.8, 4) is 0 Å². The van der Waals surface area contributed by atoms with Gasteiger partial charge in [0.15, 0.2) is 5.01 Å². The number of rotatable bonds is 8. The van der Waals surface area contributed by atoms with Crippen LogP contribution in [0.4, 0.5) is 0 Å². The highest BCUT2D eigenvalue weighted by atomic mass is 32.1. The molecule has 1 saturated heterocycles. The van der Waals surface area contributed by atoms with Crippen molar-refractivity contribution >= 4 is 39.2 Å². The Morgan fingerprint density at radius 2 is 2.07 bits per heavy atom. The first-order valence-electron chi connectivity index (χ1n) is 10.4. The second kappa shape index (κ2) is 9.96. The molecule has 1 N–H and O–H groups in total. The van der Waals surface area contributed by atoms with Crippen LogP contribution in [0.3, 0.4) is 0 Å². The summed E-state index contributed by atoms with van der Waals surface area (Å²) in [7, 11) is 0. The number of Topliss-reactive ketones (excluding diaryl/α,β-unsaturated/α-hetero) is 1. The molecule has 0 saturated carbocycles. The molecule has 0 spiro atoms. The van der Waals surface area contributed by atoms with Crippen molar-refractivity contribution in [3.05, 3.63) is 29.3 Å². The lowest BCUT2D eigenvalue weighted by molar-refractivity contribution is -0.134. The molecule has 2 atom stereocenters. The quantitative estimate of drug-likeness (QED) is 0.525. The smallest absolute Gasteiger partial charge is 0.225 e. The minimum Gasteiger partial charge on any atom is -0.346 e. The molecule has 1 aromatic heterocycles. The van der Waals surface area contributed by atoms with Crippen LogP contribution in [0.1, 0.15) is 62.2 Å². The van der Waals surface area contributed by atoms with Crippen LogP contribution in [0, 0.1) is 5.92 Å². The molecular formula is C22H29N3O3S. The van der Waals surface area contributed by atoms with Gasteiger partial charge in [0.05, 0.1) is 22.2 Å². The molecule has 2 amide bonds. The van der Waals surface area contributed by atoms with E-state index in [9.17, 15) is 14.4 Å². The Balaban J connectivity index is 1.72. The van der Waals surface area contributed by atoms with Crippen molar-refractivity contribution in [1.29, 1.82) is 0 Å². The fourth-order valence-electron chi connectivity index (χ4n) is 3.76. The minimum atomic E-state index is -0.567. The highest BCUT2D eigenvalue weighted by molar-refractivity contribution is 7.20. The number of ketones is 1. The molecule has 3 rings (SSSR count). The van der Waals surface area contributed by atoms with Gasteiger partial charge in [-0.25, -0.2) is 4.98 Å². The first-order chi connectivity index (χ1) is 14.0. The maximum Gasteiger partial charge on any atom is 0.225 e. The number of nitrogens with one attached hydrogen (secondary N) is 1. The zero-order valence-corrected chi connectivity index (χ0v) is 18.0. The van der Waals surface area contributed by atoms with E-state index in [2.05, 4.69) is 17.2 Å². The van der Waals surface area contributed by atoms with Gasteiger partial charge >= 0.3 is 0 Å². The summed E-state index contributed by atoms with van der Waals surface area (Å²) < 4.78 is 0.971. The number of likely N-dealkylation sites (tertiary alicyclic amines) is 1. The summed E-state index contributed by atoms with van der Waals surface area (Å²) in [4.78, 5) is 43.9. The van der Waals surface area contributed by atoms with Gasteiger partial charge in [-0.05, 0) is 31.4 Å². The third kappa shape index (κ3) is 5.41. The van der Waals surface area contributed by atoms with Crippen molar-refractivity contribution in [2.75, 3.05) is 13.1 Å². The van der Waals surface area contributed by atoms with Crippen LogP contribution in [0.25, 0.3) is 10.2 Å². The van der Waals surface area contributed by atoms with E-state index in [1.54, 1.807) is 4.90 Å². The molecule has 0 radical (unpaired) electrons. The van der Waals surface area contributed by atoms with Gasteiger partial charge in [-0.2, -0.15) is 0 Å². The number of para-hydroxylation sites is 1. The molecule has 0 unspecified atom stereocenters. The molecule has 0 aliphatic carbocycles. The lowest BCUT2D eigenvalue weighted by Crippen LogP contribution is -2.49. The van der Waals surface area contributed by atoms with Crippen LogP contribution in [0.15, 0.2) is 24.3 Å². The van der Waals surface area contributed by atoms with E-state index in [4.69, 9.17) is 0 Å². The molecular weight excluding hydrogens is 386 g/mol. The highest BCUT2D eigenvalue weighted by Crippen LogP contribution is 2.24. The van der Waals surface area contributed by atoms with Gasteiger partial charge in [-0.15, -0.1) is 11.3 Å². The molecule has 156 valence electrons. The van der Waals surface area contributed by atoms with Crippen LogP contribution in [0.2, 0.25) is 0 Å². The normalized spacial score (nSPS) is 17.9. The van der Waals surface area contributed by atoms with Crippen molar-refractivity contribution in [1.82, 2.24) is 15.2 Å². The first kappa shape index (κ1) is 21.4. The third-order valence-electron chi connectivity index (χ3n) is 5.47. The number of hydrogen-bond donors (Lipinski definition) is 1. The van der Waals surface area contributed by atoms with E-state index in [-0.39, 0.29) is 23.5 Å². The Morgan fingerprint density at radius 1 is 1.28 bits per heavy atom. The summed E-state index contributed by atoms with van der Waals surface area (Å²) in [6.07, 6.45) is 5.10. The topological polar surface area (TPSA) is 79.4 Å². The molecule has 2 aromatic rings. The van der Waals surface area contributed by atoms with Crippen molar-refractivity contribution < 1.29 is 14.4 Å². The summed E-state index contributed by atoms with van der Waals surface area (Å²) in [5.74, 6) is -0.515. The maximum absolute atomic E-state index is 13.2. The van der Waals surface area contributed by atoms with Crippen LogP contribution >= 0.6 is 11.3 Å². The third-order valence-corrected chi connectivity index (χ3v) is 6.52. The SMILES string of the molecule is CCCCC[C@H](NC(=O)[C@H]1CCCN(C(C)=O)C1)C(=O)c1nc2ccccc2s1. The van der Waals surface area contributed by atoms with Crippen molar-refractivity contribution in [2.45, 2.75) is 58.4 Å². The monoisotopic (exact) mass is 415 g/mol. The van der Waals surface area contributed by atoms with Crippen LogP contribution in [-0.4, -0.2) is 46.6 Å². The van der Waals surface area contributed by atoms with Gasteiger partial charge in [0.25, 0.3) is 0 Å². The van der Waals surface area contributed by atoms with Crippen molar-refractivity contribution in [2.24, 2.45) is 5.92 Å². The largest absolute Gasteiger partial charge is 0.346 e. The maximum atomic E-state index is 13.2. The number of piperidine rings is 1. The summed E-state index contributed by atoms with van der Waals surface area (Å²) in [5.41, 5.74) is 0.809. The van der Waals surface area contributed by atoms with E-state index in [0.29, 0.717) is 24.5 Å². The molecule has 7 heteroatoms. The van der Waals surface area contributed by atoms with Gasteiger partial charge in [0.1, 0.15) is 0 Å². The minimum absolute atomic E-state index is 0.00690. The molecule has 1 aliphatic rings. The predicted molar refractivity (Wildman–Crippen MR) is 115 cm³/mol. The number of benzene rings is 1. The molecule has 6 nitrogen and oxygen atoms in total. The lowest BCUT2D eigenvalue weighted by atomic mass is 9.95. The Labute approximate surface area is 175 Å². The number of amides is 2. The van der Waals surface area contributed by atoms with E-state index in [1.807, 2.05) is 24.3 Å². The Hall–Kier alpha value is -2.28. The number of aromatic nitrogens is 1. The van der Waals surface area contributed by atoms with E-state index >= 15 is 0 Å². The first-order valence-corrected chi connectivity index (χ1v) is 11.3. The average molecular weight is 416 g/mol. The Bertz CT molecular complexity index is 846. The number of carbonyl (C=O) groups is 3. The van der Waals surface area contributed by atoms with Crippen molar-refractivity contribution in [3.63, 3.8) is 0 Å². The summed E-state index contributed by atoms with van der Waals surface area (Å²) in [5, 5.41) is 3.43. The average Bonchev–Trinajstić information content (AvgIpc) is 3.17. The fraction of sp³-hybridized carbons (Fsp3) is 0.545. The van der Waals surface area contributed by atoms with Crippen LogP contribution < -0.4 is 5.32 Å². The lowest BCUT2D eigenvalue weighted by Gasteiger charge is -2.32. The molecule has 2 heterocycles. The molecule has 29 heavy (non-hydrogen) atoms.